The number of ether oxygens (including phenoxy) is 3. The number of thiocarbonyl (C=S) groups is 1. The minimum Gasteiger partial charge on any atom is -0.493 e. The highest BCUT2D eigenvalue weighted by molar-refractivity contribution is 9.10. The molecule has 1 heterocycles. The van der Waals surface area contributed by atoms with Gasteiger partial charge >= 0.3 is 5.97 Å². The molecule has 0 atom stereocenters. The highest BCUT2D eigenvalue weighted by Gasteiger charge is 2.26. The van der Waals surface area contributed by atoms with Crippen molar-refractivity contribution in [3.8, 4) is 11.5 Å². The van der Waals surface area contributed by atoms with E-state index in [1.54, 1.807) is 19.1 Å². The Morgan fingerprint density at radius 1 is 1.52 bits per heavy atom. The largest absolute Gasteiger partial charge is 0.493 e. The van der Waals surface area contributed by atoms with Gasteiger partial charge in [-0.15, -0.1) is 0 Å². The first-order valence-electron chi connectivity index (χ1n) is 7.16. The Labute approximate surface area is 162 Å². The van der Waals surface area contributed by atoms with Gasteiger partial charge in [-0.25, -0.2) is 4.79 Å². The maximum Gasteiger partial charge on any atom is 0.344 e. The highest BCUT2D eigenvalue weighted by atomic mass is 79.9. The quantitative estimate of drug-likeness (QED) is 0.361. The lowest BCUT2D eigenvalue weighted by Crippen LogP contribution is -2.22. The molecule has 0 saturated carbocycles. The molecule has 25 heavy (non-hydrogen) atoms. The van der Waals surface area contributed by atoms with E-state index in [2.05, 4.69) is 21.0 Å². The van der Waals surface area contributed by atoms with Crippen molar-refractivity contribution in [3.05, 3.63) is 22.2 Å². The second-order valence-electron chi connectivity index (χ2n) is 4.63. The first kappa shape index (κ1) is 19.7. The molecular weight excluding hydrogens is 432 g/mol. The molecule has 7 nitrogen and oxygen atoms in total. The molecule has 0 bridgehead atoms. The van der Waals surface area contributed by atoms with Crippen LogP contribution in [0.2, 0.25) is 0 Å². The smallest absolute Gasteiger partial charge is 0.344 e. The minimum absolute atomic E-state index is 0.160. The third kappa shape index (κ3) is 5.16. The maximum absolute atomic E-state index is 11.7. The molecule has 0 aliphatic carbocycles. The zero-order valence-electron chi connectivity index (χ0n) is 13.5. The second kappa shape index (κ2) is 9.16. The van der Waals surface area contributed by atoms with Crippen LogP contribution in [0.4, 0.5) is 0 Å². The fraction of sp³-hybridized carbons (Fsp3) is 0.333. The summed E-state index contributed by atoms with van der Waals surface area (Å²) in [5.74, 6) is 0.442. The van der Waals surface area contributed by atoms with E-state index in [9.17, 15) is 9.59 Å². The van der Waals surface area contributed by atoms with Crippen LogP contribution in [0.1, 0.15) is 12.5 Å². The van der Waals surface area contributed by atoms with Gasteiger partial charge in [0.05, 0.1) is 30.2 Å². The van der Waals surface area contributed by atoms with Crippen molar-refractivity contribution < 1.29 is 23.8 Å². The maximum atomic E-state index is 11.7. The van der Waals surface area contributed by atoms with Crippen LogP contribution in [0.5, 0.6) is 11.5 Å². The molecule has 1 fully saturated rings. The number of thioether (sulfide) groups is 1. The molecule has 0 spiro atoms. The summed E-state index contributed by atoms with van der Waals surface area (Å²) in [6.45, 7) is 1.77. The zero-order valence-corrected chi connectivity index (χ0v) is 16.7. The van der Waals surface area contributed by atoms with Gasteiger partial charge in [-0.3, -0.25) is 4.79 Å². The molecule has 0 N–H and O–H groups in total. The first-order valence-corrected chi connectivity index (χ1v) is 9.34. The Morgan fingerprint density at radius 3 is 2.88 bits per heavy atom. The second-order valence-corrected chi connectivity index (χ2v) is 7.10. The molecule has 1 amide bonds. The predicted octanol–water partition coefficient (Wildman–Crippen LogP) is 2.59. The molecule has 1 aliphatic rings. The van der Waals surface area contributed by atoms with Gasteiger partial charge in [-0.1, -0.05) is 24.0 Å². The van der Waals surface area contributed by atoms with E-state index in [0.29, 0.717) is 31.6 Å². The first-order chi connectivity index (χ1) is 12.0. The van der Waals surface area contributed by atoms with Crippen molar-refractivity contribution in [2.75, 3.05) is 26.1 Å². The molecule has 10 heteroatoms. The Hall–Kier alpha value is -1.65. The van der Waals surface area contributed by atoms with Gasteiger partial charge in [0.2, 0.25) is 0 Å². The Kier molecular flexibility index (Phi) is 7.21. The number of hydrogen-bond donors (Lipinski definition) is 0. The highest BCUT2D eigenvalue weighted by Crippen LogP contribution is 2.36. The average Bonchev–Trinajstić information content (AvgIpc) is 2.90. The number of nitrogens with zero attached hydrogens (tertiary/aromatic N) is 2. The summed E-state index contributed by atoms with van der Waals surface area (Å²) in [7, 11) is 1.48. The van der Waals surface area contributed by atoms with Crippen molar-refractivity contribution >= 4 is 62.3 Å². The van der Waals surface area contributed by atoms with Gasteiger partial charge in [0.15, 0.2) is 22.4 Å². The number of halogens is 1. The van der Waals surface area contributed by atoms with Crippen LogP contribution >= 0.6 is 39.9 Å². The Morgan fingerprint density at radius 2 is 2.28 bits per heavy atom. The third-order valence-electron chi connectivity index (χ3n) is 2.94. The molecule has 1 aliphatic heterocycles. The molecule has 134 valence electrons. The summed E-state index contributed by atoms with van der Waals surface area (Å²) in [4.78, 5) is 23.1. The number of carbonyl (C=O) groups excluding carboxylic acids is 2. The van der Waals surface area contributed by atoms with Crippen LogP contribution < -0.4 is 9.47 Å². The van der Waals surface area contributed by atoms with Gasteiger partial charge in [-0.05, 0) is 40.5 Å². The van der Waals surface area contributed by atoms with E-state index < -0.39 is 5.97 Å². The van der Waals surface area contributed by atoms with Crippen LogP contribution in [0.25, 0.3) is 0 Å². The molecule has 1 saturated heterocycles. The van der Waals surface area contributed by atoms with E-state index in [4.69, 9.17) is 26.4 Å². The molecular formula is C15H15BrN2O5S2. The van der Waals surface area contributed by atoms with Crippen LogP contribution in [-0.4, -0.2) is 53.5 Å². The fourth-order valence-electron chi connectivity index (χ4n) is 1.87. The third-order valence-corrected chi connectivity index (χ3v) is 4.87. The predicted molar refractivity (Wildman–Crippen MR) is 102 cm³/mol. The number of hydrazone groups is 1. The lowest BCUT2D eigenvalue weighted by Gasteiger charge is -2.13. The van der Waals surface area contributed by atoms with Crippen LogP contribution in [0.3, 0.4) is 0 Å². The number of rotatable bonds is 7. The normalized spacial score (nSPS) is 14.3. The topological polar surface area (TPSA) is 77.4 Å². The number of hydrogen-bond acceptors (Lipinski definition) is 8. The number of carbonyl (C=O) groups is 2. The molecule has 1 aromatic carbocycles. The summed E-state index contributed by atoms with van der Waals surface area (Å²) in [5, 5.41) is 5.29. The average molecular weight is 447 g/mol. The zero-order chi connectivity index (χ0) is 18.4. The summed E-state index contributed by atoms with van der Waals surface area (Å²) in [6.07, 6.45) is 1.50. The number of benzene rings is 1. The molecule has 2 rings (SSSR count). The Balaban J connectivity index is 2.16. The molecule has 0 radical (unpaired) electrons. The summed E-state index contributed by atoms with van der Waals surface area (Å²) in [5.41, 5.74) is 0.666. The number of methoxy groups -OCH3 is 1. The van der Waals surface area contributed by atoms with Crippen molar-refractivity contribution in [3.63, 3.8) is 0 Å². The van der Waals surface area contributed by atoms with E-state index >= 15 is 0 Å². The van der Waals surface area contributed by atoms with Crippen LogP contribution in [-0.2, 0) is 14.3 Å². The van der Waals surface area contributed by atoms with Gasteiger partial charge < -0.3 is 14.2 Å². The molecule has 0 aromatic heterocycles. The van der Waals surface area contributed by atoms with Crippen molar-refractivity contribution in [2.24, 2.45) is 5.10 Å². The standard InChI is InChI=1S/C15H15BrN2O5S2/c1-3-22-13(20)7-23-14-10(16)4-9(5-11(14)21-2)6-17-18-12(19)8-25-15(18)24/h4-6H,3,7-8H2,1-2H3/b17-6-. The van der Waals surface area contributed by atoms with Crippen LogP contribution in [0.15, 0.2) is 21.7 Å². The minimum atomic E-state index is -0.472. The van der Waals surface area contributed by atoms with Crippen molar-refractivity contribution in [2.45, 2.75) is 6.92 Å². The van der Waals surface area contributed by atoms with E-state index in [-0.39, 0.29) is 19.1 Å². The summed E-state index contributed by atoms with van der Waals surface area (Å²) >= 11 is 9.71. The van der Waals surface area contributed by atoms with Gasteiger partial charge in [0.25, 0.3) is 5.91 Å². The van der Waals surface area contributed by atoms with E-state index in [1.807, 2.05) is 0 Å². The SMILES string of the molecule is CCOC(=O)COc1c(Br)cc(/C=N\N2C(=O)CSC2=S)cc1OC. The van der Waals surface area contributed by atoms with Crippen molar-refractivity contribution in [1.82, 2.24) is 5.01 Å². The fourth-order valence-corrected chi connectivity index (χ4v) is 3.41. The van der Waals surface area contributed by atoms with E-state index in [1.165, 1.54) is 30.1 Å². The monoisotopic (exact) mass is 446 g/mol. The lowest BCUT2D eigenvalue weighted by molar-refractivity contribution is -0.145. The van der Waals surface area contributed by atoms with Gasteiger partial charge in [0.1, 0.15) is 0 Å². The van der Waals surface area contributed by atoms with Crippen molar-refractivity contribution in [1.29, 1.82) is 0 Å². The van der Waals surface area contributed by atoms with E-state index in [0.717, 1.165) is 0 Å². The number of amides is 1. The van der Waals surface area contributed by atoms with Gasteiger partial charge in [0, 0.05) is 0 Å². The Bertz CT molecular complexity index is 710. The number of esters is 1. The summed E-state index contributed by atoms with van der Waals surface area (Å²) < 4.78 is 16.6. The van der Waals surface area contributed by atoms with Gasteiger partial charge in [-0.2, -0.15) is 10.1 Å². The van der Waals surface area contributed by atoms with Crippen LogP contribution in [0, 0.1) is 0 Å². The lowest BCUT2D eigenvalue weighted by atomic mass is 10.2. The molecule has 0 unspecified atom stereocenters. The molecule has 1 aromatic rings. The summed E-state index contributed by atoms with van der Waals surface area (Å²) in [6, 6.07) is 3.40.